The summed E-state index contributed by atoms with van der Waals surface area (Å²) in [6, 6.07) is 0. The van der Waals surface area contributed by atoms with Crippen LogP contribution in [0, 0.1) is 23.7 Å². The summed E-state index contributed by atoms with van der Waals surface area (Å²) in [4.78, 5) is 24.9. The van der Waals surface area contributed by atoms with Crippen LogP contribution in [0.5, 0.6) is 0 Å². The summed E-state index contributed by atoms with van der Waals surface area (Å²) in [7, 11) is 0. The lowest BCUT2D eigenvalue weighted by Crippen LogP contribution is -2.40. The third-order valence-electron chi connectivity index (χ3n) is 4.16. The molecular formula is C12H15NO3. The van der Waals surface area contributed by atoms with E-state index in [1.54, 1.807) is 0 Å². The van der Waals surface area contributed by atoms with Crippen molar-refractivity contribution in [3.05, 3.63) is 12.2 Å². The number of fused-ring (bicyclic) bond motifs is 2. The fourth-order valence-electron chi connectivity index (χ4n) is 3.25. The van der Waals surface area contributed by atoms with Gasteiger partial charge in [-0.25, -0.2) is 9.69 Å². The van der Waals surface area contributed by atoms with Gasteiger partial charge in [0.25, 0.3) is 0 Å². The highest BCUT2D eigenvalue weighted by Crippen LogP contribution is 2.48. The molecular weight excluding hydrogens is 206 g/mol. The maximum atomic E-state index is 12.2. The summed E-state index contributed by atoms with van der Waals surface area (Å²) < 4.78 is 4.81. The van der Waals surface area contributed by atoms with E-state index in [1.165, 1.54) is 4.90 Å². The normalized spacial score (nSPS) is 40.6. The lowest BCUT2D eigenvalue weighted by atomic mass is 9.83. The average Bonchev–Trinajstić information content (AvgIpc) is 2.92. The minimum Gasteiger partial charge on any atom is -0.447 e. The molecule has 0 unspecified atom stereocenters. The molecule has 1 heterocycles. The number of hydrogen-bond acceptors (Lipinski definition) is 3. The van der Waals surface area contributed by atoms with E-state index >= 15 is 0 Å². The van der Waals surface area contributed by atoms with Gasteiger partial charge in [0.05, 0.1) is 6.54 Å². The van der Waals surface area contributed by atoms with Gasteiger partial charge in [-0.05, 0) is 24.2 Å². The number of amides is 2. The summed E-state index contributed by atoms with van der Waals surface area (Å²) in [5.41, 5.74) is 0. The van der Waals surface area contributed by atoms with E-state index in [9.17, 15) is 9.59 Å². The second-order valence-electron chi connectivity index (χ2n) is 4.94. The first-order valence-electron chi connectivity index (χ1n) is 5.85. The number of carbonyl (C=O) groups is 2. The van der Waals surface area contributed by atoms with Gasteiger partial charge in [0, 0.05) is 5.92 Å². The molecule has 1 saturated heterocycles. The molecule has 4 atom stereocenters. The quantitative estimate of drug-likeness (QED) is 0.629. The third-order valence-corrected chi connectivity index (χ3v) is 4.16. The molecule has 4 nitrogen and oxygen atoms in total. The molecule has 1 saturated carbocycles. The Hall–Kier alpha value is -1.32. The number of allylic oxidation sites excluding steroid dienone is 2. The van der Waals surface area contributed by atoms with E-state index in [-0.39, 0.29) is 11.8 Å². The Morgan fingerprint density at radius 2 is 2.19 bits per heavy atom. The van der Waals surface area contributed by atoms with Crippen LogP contribution in [-0.2, 0) is 9.53 Å². The van der Waals surface area contributed by atoms with Gasteiger partial charge in [0.2, 0.25) is 5.91 Å². The smallest absolute Gasteiger partial charge is 0.416 e. The molecule has 86 valence electrons. The molecule has 0 radical (unpaired) electrons. The summed E-state index contributed by atoms with van der Waals surface area (Å²) in [6.45, 7) is 2.87. The fraction of sp³-hybridized carbons (Fsp3) is 0.667. The SMILES string of the molecule is C[C@@H]1[C@H](C(=O)N2CCOC2=O)[C@@H]2C=C[C@H]1C2. The number of rotatable bonds is 1. The maximum absolute atomic E-state index is 12.2. The zero-order chi connectivity index (χ0) is 11.3. The van der Waals surface area contributed by atoms with Gasteiger partial charge in [0.15, 0.2) is 0 Å². The van der Waals surface area contributed by atoms with Crippen LogP contribution in [0.15, 0.2) is 12.2 Å². The Morgan fingerprint density at radius 1 is 1.44 bits per heavy atom. The lowest BCUT2D eigenvalue weighted by Gasteiger charge is -2.26. The molecule has 0 spiro atoms. The van der Waals surface area contributed by atoms with Gasteiger partial charge in [0.1, 0.15) is 6.61 Å². The Labute approximate surface area is 94.2 Å². The topological polar surface area (TPSA) is 46.6 Å². The van der Waals surface area contributed by atoms with Crippen LogP contribution in [-0.4, -0.2) is 30.1 Å². The standard InChI is InChI=1S/C12H15NO3/c1-7-8-2-3-9(6-8)10(7)11(14)13-4-5-16-12(13)15/h2-3,7-10H,4-6H2,1H3/t7-,8-,9+,10-/m0/s1. The number of imide groups is 1. The first-order valence-corrected chi connectivity index (χ1v) is 5.85. The van der Waals surface area contributed by atoms with Gasteiger partial charge in [-0.15, -0.1) is 0 Å². The van der Waals surface area contributed by atoms with Crippen molar-refractivity contribution in [2.24, 2.45) is 23.7 Å². The third kappa shape index (κ3) is 1.22. The number of nitrogens with zero attached hydrogens (tertiary/aromatic N) is 1. The van der Waals surface area contributed by atoms with Crippen LogP contribution in [0.25, 0.3) is 0 Å². The van der Waals surface area contributed by atoms with Crippen molar-refractivity contribution in [1.82, 2.24) is 4.90 Å². The molecule has 0 aromatic rings. The van der Waals surface area contributed by atoms with Crippen molar-refractivity contribution in [2.45, 2.75) is 13.3 Å². The summed E-state index contributed by atoms with van der Waals surface area (Å²) in [5.74, 6) is 1.17. The number of hydrogen-bond donors (Lipinski definition) is 0. The minimum atomic E-state index is -0.469. The van der Waals surface area contributed by atoms with E-state index in [1.807, 2.05) is 0 Å². The molecule has 3 aliphatic rings. The molecule has 0 aromatic carbocycles. The first kappa shape index (κ1) is 9.87. The van der Waals surface area contributed by atoms with Gasteiger partial charge < -0.3 is 4.74 Å². The van der Waals surface area contributed by atoms with Gasteiger partial charge in [-0.2, -0.15) is 0 Å². The Bertz CT molecular complexity index is 376. The Kier molecular flexibility index (Phi) is 2.06. The van der Waals surface area contributed by atoms with Crippen molar-refractivity contribution in [3.63, 3.8) is 0 Å². The van der Waals surface area contributed by atoms with Crippen LogP contribution in [0.1, 0.15) is 13.3 Å². The van der Waals surface area contributed by atoms with Crippen LogP contribution in [0.2, 0.25) is 0 Å². The molecule has 2 bridgehead atoms. The van der Waals surface area contributed by atoms with Crippen LogP contribution < -0.4 is 0 Å². The second kappa shape index (κ2) is 3.34. The summed E-state index contributed by atoms with van der Waals surface area (Å²) in [5, 5.41) is 0. The van der Waals surface area contributed by atoms with Crippen molar-refractivity contribution >= 4 is 12.0 Å². The van der Waals surface area contributed by atoms with Gasteiger partial charge in [-0.1, -0.05) is 19.1 Å². The largest absolute Gasteiger partial charge is 0.447 e. The summed E-state index contributed by atoms with van der Waals surface area (Å²) >= 11 is 0. The number of ether oxygens (including phenoxy) is 1. The van der Waals surface area contributed by atoms with E-state index < -0.39 is 6.09 Å². The second-order valence-corrected chi connectivity index (χ2v) is 4.94. The highest BCUT2D eigenvalue weighted by atomic mass is 16.6. The van der Waals surface area contributed by atoms with Crippen molar-refractivity contribution in [1.29, 1.82) is 0 Å². The van der Waals surface area contributed by atoms with E-state index in [0.29, 0.717) is 30.9 Å². The molecule has 1 aliphatic heterocycles. The van der Waals surface area contributed by atoms with Crippen LogP contribution >= 0.6 is 0 Å². The minimum absolute atomic E-state index is 0.0133. The number of carbonyl (C=O) groups excluding carboxylic acids is 2. The van der Waals surface area contributed by atoms with Crippen LogP contribution in [0.4, 0.5) is 4.79 Å². The van der Waals surface area contributed by atoms with Gasteiger partial charge >= 0.3 is 6.09 Å². The predicted octanol–water partition coefficient (Wildman–Crippen LogP) is 1.42. The monoisotopic (exact) mass is 221 g/mol. The molecule has 2 aliphatic carbocycles. The van der Waals surface area contributed by atoms with Crippen molar-refractivity contribution in [2.75, 3.05) is 13.2 Å². The zero-order valence-corrected chi connectivity index (χ0v) is 9.26. The highest BCUT2D eigenvalue weighted by molar-refractivity contribution is 5.94. The zero-order valence-electron chi connectivity index (χ0n) is 9.26. The molecule has 16 heavy (non-hydrogen) atoms. The Balaban J connectivity index is 1.81. The Morgan fingerprint density at radius 3 is 2.75 bits per heavy atom. The molecule has 2 fully saturated rings. The van der Waals surface area contributed by atoms with E-state index in [2.05, 4.69) is 19.1 Å². The van der Waals surface area contributed by atoms with Crippen LogP contribution in [0.3, 0.4) is 0 Å². The first-order chi connectivity index (χ1) is 7.68. The predicted molar refractivity (Wildman–Crippen MR) is 56.5 cm³/mol. The van der Waals surface area contributed by atoms with E-state index in [4.69, 9.17) is 4.74 Å². The molecule has 2 amide bonds. The fourth-order valence-corrected chi connectivity index (χ4v) is 3.25. The van der Waals surface area contributed by atoms with Crippen molar-refractivity contribution < 1.29 is 14.3 Å². The molecule has 0 aromatic heterocycles. The van der Waals surface area contributed by atoms with Gasteiger partial charge in [-0.3, -0.25) is 4.79 Å². The molecule has 3 rings (SSSR count). The van der Waals surface area contributed by atoms with E-state index in [0.717, 1.165) is 6.42 Å². The van der Waals surface area contributed by atoms with Crippen molar-refractivity contribution in [3.8, 4) is 0 Å². The molecule has 4 heteroatoms. The highest BCUT2D eigenvalue weighted by Gasteiger charge is 2.48. The maximum Gasteiger partial charge on any atom is 0.416 e. The number of cyclic esters (lactones) is 1. The molecule has 0 N–H and O–H groups in total. The average molecular weight is 221 g/mol. The lowest BCUT2D eigenvalue weighted by molar-refractivity contribution is -0.134. The summed E-state index contributed by atoms with van der Waals surface area (Å²) in [6.07, 6.45) is 4.94.